The van der Waals surface area contributed by atoms with Crippen LogP contribution in [0.15, 0.2) is 60.7 Å². The van der Waals surface area contributed by atoms with Gasteiger partial charge in [-0.3, -0.25) is 4.79 Å². The van der Waals surface area contributed by atoms with E-state index in [-0.39, 0.29) is 17.5 Å². The van der Waals surface area contributed by atoms with E-state index in [1.54, 1.807) is 30.3 Å². The smallest absolute Gasteiger partial charge is 0.224 e. The van der Waals surface area contributed by atoms with Crippen molar-refractivity contribution in [1.82, 2.24) is 0 Å². The van der Waals surface area contributed by atoms with Crippen LogP contribution in [0.4, 0.5) is 10.1 Å². The predicted molar refractivity (Wildman–Crippen MR) is 95.4 cm³/mol. The molecule has 0 atom stereocenters. The molecule has 0 fully saturated rings. The van der Waals surface area contributed by atoms with E-state index in [1.165, 1.54) is 12.1 Å². The van der Waals surface area contributed by atoms with Gasteiger partial charge in [0.15, 0.2) is 0 Å². The monoisotopic (exact) mass is 339 g/mol. The van der Waals surface area contributed by atoms with Crippen LogP contribution >= 0.6 is 0 Å². The Morgan fingerprint density at radius 3 is 2.48 bits per heavy atom. The highest BCUT2D eigenvalue weighted by atomic mass is 19.1. The molecule has 0 aliphatic carbocycles. The van der Waals surface area contributed by atoms with E-state index in [0.717, 1.165) is 5.39 Å². The minimum absolute atomic E-state index is 0.126. The van der Waals surface area contributed by atoms with Crippen LogP contribution in [0.25, 0.3) is 10.8 Å². The van der Waals surface area contributed by atoms with Crippen LogP contribution in [0.5, 0.6) is 11.5 Å². The lowest BCUT2D eigenvalue weighted by Gasteiger charge is -2.10. The van der Waals surface area contributed by atoms with Gasteiger partial charge in [0.05, 0.1) is 6.61 Å². The second-order valence-corrected chi connectivity index (χ2v) is 5.63. The van der Waals surface area contributed by atoms with E-state index in [2.05, 4.69) is 5.32 Å². The molecular formula is C20H18FNO3. The fraction of sp³-hybridized carbons (Fsp3) is 0.150. The van der Waals surface area contributed by atoms with E-state index >= 15 is 0 Å². The maximum atomic E-state index is 12.8. The lowest BCUT2D eigenvalue weighted by molar-refractivity contribution is -0.116. The van der Waals surface area contributed by atoms with Gasteiger partial charge in [0, 0.05) is 22.9 Å². The van der Waals surface area contributed by atoms with E-state index in [1.807, 2.05) is 18.2 Å². The molecule has 0 radical (unpaired) electrons. The third-order valence-electron chi connectivity index (χ3n) is 3.81. The molecule has 25 heavy (non-hydrogen) atoms. The summed E-state index contributed by atoms with van der Waals surface area (Å²) in [5, 5.41) is 14.2. The summed E-state index contributed by atoms with van der Waals surface area (Å²) >= 11 is 0. The number of fused-ring (bicyclic) bond motifs is 1. The largest absolute Gasteiger partial charge is 0.507 e. The minimum Gasteiger partial charge on any atom is -0.507 e. The number of hydrogen-bond donors (Lipinski definition) is 2. The first-order valence-corrected chi connectivity index (χ1v) is 8.02. The Morgan fingerprint density at radius 1 is 1.00 bits per heavy atom. The van der Waals surface area contributed by atoms with Crippen molar-refractivity contribution in [2.45, 2.75) is 12.8 Å². The molecule has 5 heteroatoms. The number of hydrogen-bond acceptors (Lipinski definition) is 3. The van der Waals surface area contributed by atoms with Crippen LogP contribution in [0.3, 0.4) is 0 Å². The van der Waals surface area contributed by atoms with E-state index < -0.39 is 0 Å². The van der Waals surface area contributed by atoms with Crippen LogP contribution in [0.2, 0.25) is 0 Å². The Morgan fingerprint density at radius 2 is 1.72 bits per heavy atom. The quantitative estimate of drug-likeness (QED) is 0.514. The van der Waals surface area contributed by atoms with Gasteiger partial charge >= 0.3 is 0 Å². The first-order valence-electron chi connectivity index (χ1n) is 8.02. The molecule has 1 amide bonds. The molecule has 2 N–H and O–H groups in total. The van der Waals surface area contributed by atoms with Crippen LogP contribution in [-0.4, -0.2) is 17.6 Å². The van der Waals surface area contributed by atoms with E-state index in [4.69, 9.17) is 4.74 Å². The SMILES string of the molecule is O=C(CCCOc1ccc(F)cc1)Nc1ccc(O)c2ccccc12. The molecule has 0 spiro atoms. The Hall–Kier alpha value is -3.08. The number of aromatic hydroxyl groups is 1. The number of halogens is 1. The van der Waals surface area contributed by atoms with Crippen molar-refractivity contribution in [3.8, 4) is 11.5 Å². The molecule has 3 aromatic carbocycles. The van der Waals surface area contributed by atoms with Crippen molar-refractivity contribution >= 4 is 22.4 Å². The molecule has 0 aliphatic rings. The van der Waals surface area contributed by atoms with Gasteiger partial charge in [-0.05, 0) is 42.8 Å². The van der Waals surface area contributed by atoms with Gasteiger partial charge in [-0.25, -0.2) is 4.39 Å². The fourth-order valence-corrected chi connectivity index (χ4v) is 2.56. The summed E-state index contributed by atoms with van der Waals surface area (Å²) < 4.78 is 18.3. The highest BCUT2D eigenvalue weighted by Gasteiger charge is 2.08. The number of benzene rings is 3. The number of carbonyl (C=O) groups excluding carboxylic acids is 1. The van der Waals surface area contributed by atoms with Gasteiger partial charge in [0.2, 0.25) is 5.91 Å². The number of amides is 1. The number of carbonyl (C=O) groups is 1. The summed E-state index contributed by atoms with van der Waals surface area (Å²) in [6, 6.07) is 16.4. The molecule has 0 aliphatic heterocycles. The molecule has 4 nitrogen and oxygen atoms in total. The second-order valence-electron chi connectivity index (χ2n) is 5.63. The molecule has 0 heterocycles. The Labute approximate surface area is 144 Å². The van der Waals surface area contributed by atoms with Crippen LogP contribution in [0, 0.1) is 5.82 Å². The third-order valence-corrected chi connectivity index (χ3v) is 3.81. The van der Waals surface area contributed by atoms with Crippen LogP contribution in [0.1, 0.15) is 12.8 Å². The molecule has 0 saturated carbocycles. The van der Waals surface area contributed by atoms with E-state index in [0.29, 0.717) is 36.3 Å². The highest BCUT2D eigenvalue weighted by molar-refractivity contribution is 6.04. The number of phenols is 1. The topological polar surface area (TPSA) is 58.6 Å². The Balaban J connectivity index is 1.53. The summed E-state index contributed by atoms with van der Waals surface area (Å²) in [6.45, 7) is 0.370. The zero-order valence-corrected chi connectivity index (χ0v) is 13.5. The average Bonchev–Trinajstić information content (AvgIpc) is 2.63. The minimum atomic E-state index is -0.312. The molecule has 128 valence electrons. The van der Waals surface area contributed by atoms with Gasteiger partial charge in [-0.2, -0.15) is 0 Å². The summed E-state index contributed by atoms with van der Waals surface area (Å²) in [6.07, 6.45) is 0.843. The summed E-state index contributed by atoms with van der Waals surface area (Å²) in [4.78, 5) is 12.1. The van der Waals surface area contributed by atoms with Crippen molar-refractivity contribution in [2.24, 2.45) is 0 Å². The summed E-state index contributed by atoms with van der Waals surface area (Å²) in [7, 11) is 0. The zero-order chi connectivity index (χ0) is 17.6. The molecule has 3 rings (SSSR count). The molecule has 0 unspecified atom stereocenters. The Kier molecular flexibility index (Phi) is 5.14. The highest BCUT2D eigenvalue weighted by Crippen LogP contribution is 2.30. The van der Waals surface area contributed by atoms with Crippen LogP contribution in [-0.2, 0) is 4.79 Å². The van der Waals surface area contributed by atoms with Gasteiger partial charge < -0.3 is 15.2 Å². The lowest BCUT2D eigenvalue weighted by Crippen LogP contribution is -2.13. The number of rotatable bonds is 6. The number of nitrogens with one attached hydrogen (secondary N) is 1. The van der Waals surface area contributed by atoms with Gasteiger partial charge in [-0.15, -0.1) is 0 Å². The maximum Gasteiger partial charge on any atom is 0.224 e. The van der Waals surface area contributed by atoms with Gasteiger partial charge in [0.25, 0.3) is 0 Å². The lowest BCUT2D eigenvalue weighted by atomic mass is 10.1. The number of anilines is 1. The molecule has 3 aromatic rings. The molecule has 0 aromatic heterocycles. The van der Waals surface area contributed by atoms with Crippen molar-refractivity contribution in [2.75, 3.05) is 11.9 Å². The number of phenolic OH excluding ortho intramolecular Hbond substituents is 1. The Bertz CT molecular complexity index is 878. The van der Waals surface area contributed by atoms with Crippen molar-refractivity contribution < 1.29 is 19.0 Å². The van der Waals surface area contributed by atoms with Crippen molar-refractivity contribution in [3.05, 3.63) is 66.5 Å². The first-order chi connectivity index (χ1) is 12.1. The van der Waals surface area contributed by atoms with Gasteiger partial charge in [-0.1, -0.05) is 24.3 Å². The predicted octanol–water partition coefficient (Wildman–Crippen LogP) is 4.48. The average molecular weight is 339 g/mol. The zero-order valence-electron chi connectivity index (χ0n) is 13.5. The molecular weight excluding hydrogens is 321 g/mol. The van der Waals surface area contributed by atoms with E-state index in [9.17, 15) is 14.3 Å². The second kappa shape index (κ2) is 7.66. The first kappa shape index (κ1) is 16.8. The van der Waals surface area contributed by atoms with Gasteiger partial charge in [0.1, 0.15) is 17.3 Å². The molecule has 0 saturated heterocycles. The standard InChI is InChI=1S/C20H18FNO3/c21-14-7-9-15(10-8-14)25-13-3-6-20(24)22-18-11-12-19(23)17-5-2-1-4-16(17)18/h1-2,4-5,7-12,23H,3,6,13H2,(H,22,24). The summed E-state index contributed by atoms with van der Waals surface area (Å²) in [5.74, 6) is 0.319. The maximum absolute atomic E-state index is 12.8. The molecule has 0 bridgehead atoms. The third kappa shape index (κ3) is 4.26. The normalized spacial score (nSPS) is 10.6. The summed E-state index contributed by atoms with van der Waals surface area (Å²) in [5.41, 5.74) is 0.665. The fourth-order valence-electron chi connectivity index (χ4n) is 2.56. The van der Waals surface area contributed by atoms with Crippen LogP contribution < -0.4 is 10.1 Å². The van der Waals surface area contributed by atoms with Crippen molar-refractivity contribution in [3.63, 3.8) is 0 Å². The number of ether oxygens (including phenoxy) is 1. The van der Waals surface area contributed by atoms with Crippen molar-refractivity contribution in [1.29, 1.82) is 0 Å².